The number of allylic oxidation sites excluding steroid dienone is 8. The Morgan fingerprint density at radius 2 is 0.906 bits per heavy atom. The molecule has 0 aliphatic carbocycles. The number of hydrogen-bond donors (Lipinski definition) is 0. The van der Waals surface area contributed by atoms with Crippen LogP contribution in [-0.2, 0) is 29.1 Å². The Bertz CT molecular complexity index is 1140. The van der Waals surface area contributed by atoms with Crippen LogP contribution in [-0.4, -0.2) is 59.0 Å². The number of nitrogens with zero attached hydrogens (tertiary/aromatic N) is 1. The van der Waals surface area contributed by atoms with E-state index in [1.54, 1.807) is 0 Å². The molecule has 0 atom stereocenters. The standard InChI is InChI=1S/C43H79NO7S2/c1-5-7-9-11-13-15-17-19-21-23-25-27-29-31-33-35-38-42(51-43(45)44(52(3,46)47)40-37-41-50-53(4,48)49)39-36-34-32-30-28-26-24-22-20-18-16-14-12-10-8-6-2/h13-16,19-22,42H,5-12,17-18,23-41H2,1-4H3. The van der Waals surface area contributed by atoms with Gasteiger partial charge in [-0.25, -0.2) is 17.5 Å². The summed E-state index contributed by atoms with van der Waals surface area (Å²) in [4.78, 5) is 13.1. The topological polar surface area (TPSA) is 107 Å². The minimum Gasteiger partial charge on any atom is -0.445 e. The van der Waals surface area contributed by atoms with E-state index in [9.17, 15) is 21.6 Å². The van der Waals surface area contributed by atoms with Crippen LogP contribution in [0.25, 0.3) is 0 Å². The summed E-state index contributed by atoms with van der Waals surface area (Å²) >= 11 is 0. The lowest BCUT2D eigenvalue weighted by Crippen LogP contribution is -2.39. The van der Waals surface area contributed by atoms with Gasteiger partial charge in [-0.15, -0.1) is 0 Å². The van der Waals surface area contributed by atoms with E-state index in [-0.39, 0.29) is 25.7 Å². The van der Waals surface area contributed by atoms with Crippen molar-refractivity contribution >= 4 is 26.2 Å². The van der Waals surface area contributed by atoms with Crippen molar-refractivity contribution in [1.82, 2.24) is 4.31 Å². The highest BCUT2D eigenvalue weighted by Crippen LogP contribution is 2.19. The van der Waals surface area contributed by atoms with Crippen LogP contribution in [0.1, 0.15) is 187 Å². The minimum absolute atomic E-state index is 0.0534. The van der Waals surface area contributed by atoms with Crippen LogP contribution < -0.4 is 0 Å². The molecule has 0 radical (unpaired) electrons. The van der Waals surface area contributed by atoms with Gasteiger partial charge in [0.2, 0.25) is 10.0 Å². The molecule has 0 aliphatic heterocycles. The molecule has 0 saturated carbocycles. The first kappa shape index (κ1) is 51.1. The molecule has 0 aromatic rings. The lowest BCUT2D eigenvalue weighted by atomic mass is 10.0. The van der Waals surface area contributed by atoms with E-state index in [1.165, 1.54) is 89.9 Å². The van der Waals surface area contributed by atoms with Gasteiger partial charge in [0.1, 0.15) is 6.10 Å². The second-order valence-electron chi connectivity index (χ2n) is 14.5. The first-order valence-corrected chi connectivity index (χ1v) is 24.8. The van der Waals surface area contributed by atoms with Gasteiger partial charge in [-0.3, -0.25) is 4.18 Å². The van der Waals surface area contributed by atoms with Crippen molar-refractivity contribution in [3.05, 3.63) is 48.6 Å². The minimum atomic E-state index is -3.89. The van der Waals surface area contributed by atoms with Crippen molar-refractivity contribution in [1.29, 1.82) is 0 Å². The lowest BCUT2D eigenvalue weighted by Gasteiger charge is -2.24. The second kappa shape index (κ2) is 35.8. The van der Waals surface area contributed by atoms with Crippen LogP contribution in [0.3, 0.4) is 0 Å². The van der Waals surface area contributed by atoms with Crippen LogP contribution >= 0.6 is 0 Å². The molecule has 0 rings (SSSR count). The monoisotopic (exact) mass is 786 g/mol. The average Bonchev–Trinajstić information content (AvgIpc) is 3.09. The molecule has 0 unspecified atom stereocenters. The van der Waals surface area contributed by atoms with E-state index in [1.807, 2.05) is 0 Å². The average molecular weight is 786 g/mol. The number of hydrogen-bond acceptors (Lipinski definition) is 7. The van der Waals surface area contributed by atoms with Crippen molar-refractivity contribution < 1.29 is 30.6 Å². The molecule has 0 aromatic heterocycles. The number of carbonyl (C=O) groups excluding carboxylic acids is 1. The van der Waals surface area contributed by atoms with Crippen molar-refractivity contribution in [3.63, 3.8) is 0 Å². The predicted molar refractivity (Wildman–Crippen MR) is 225 cm³/mol. The Kier molecular flexibility index (Phi) is 34.5. The largest absolute Gasteiger partial charge is 0.445 e. The van der Waals surface area contributed by atoms with Crippen LogP contribution in [0.5, 0.6) is 0 Å². The van der Waals surface area contributed by atoms with E-state index >= 15 is 0 Å². The number of amides is 1. The molecular weight excluding hydrogens is 707 g/mol. The highest BCUT2D eigenvalue weighted by Gasteiger charge is 2.27. The summed E-state index contributed by atoms with van der Waals surface area (Å²) in [7, 11) is -7.54. The molecule has 53 heavy (non-hydrogen) atoms. The zero-order valence-electron chi connectivity index (χ0n) is 34.3. The SMILES string of the molecule is CCCCCC=CCC=CCCCCCCCCC(CCCCCCCCC=CCC=CCCCCC)OC(=O)N(CCCOS(C)(=O)=O)S(C)(=O)=O. The van der Waals surface area contributed by atoms with Gasteiger partial charge in [0, 0.05) is 6.54 Å². The maximum absolute atomic E-state index is 13.1. The molecule has 0 saturated heterocycles. The molecule has 0 spiro atoms. The molecule has 310 valence electrons. The number of rotatable bonds is 37. The van der Waals surface area contributed by atoms with E-state index in [4.69, 9.17) is 8.92 Å². The molecule has 0 bridgehead atoms. The van der Waals surface area contributed by atoms with Crippen molar-refractivity contribution in [2.75, 3.05) is 25.7 Å². The fourth-order valence-corrected chi connectivity index (χ4v) is 7.19. The van der Waals surface area contributed by atoms with Crippen LogP contribution in [0.4, 0.5) is 4.79 Å². The quantitative estimate of drug-likeness (QED) is 0.0350. The normalized spacial score (nSPS) is 13.3. The highest BCUT2D eigenvalue weighted by atomic mass is 32.2. The molecule has 0 N–H and O–H groups in total. The summed E-state index contributed by atoms with van der Waals surface area (Å²) in [6, 6.07) is 0. The maximum Gasteiger partial charge on any atom is 0.423 e. The fourth-order valence-electron chi connectivity index (χ4n) is 5.99. The molecule has 0 heterocycles. The summed E-state index contributed by atoms with van der Waals surface area (Å²) in [5, 5.41) is 0. The maximum atomic E-state index is 13.1. The molecule has 0 aromatic carbocycles. The van der Waals surface area contributed by atoms with Gasteiger partial charge in [-0.2, -0.15) is 8.42 Å². The van der Waals surface area contributed by atoms with E-state index in [0.717, 1.165) is 76.7 Å². The predicted octanol–water partition coefficient (Wildman–Crippen LogP) is 12.5. The van der Waals surface area contributed by atoms with Gasteiger partial charge in [-0.1, -0.05) is 140 Å². The van der Waals surface area contributed by atoms with Crippen LogP contribution in [0.2, 0.25) is 0 Å². The number of unbranched alkanes of at least 4 members (excludes halogenated alkanes) is 18. The smallest absolute Gasteiger partial charge is 0.423 e. The van der Waals surface area contributed by atoms with Gasteiger partial charge in [0.15, 0.2) is 0 Å². The molecular formula is C43H79NO7S2. The van der Waals surface area contributed by atoms with E-state index < -0.39 is 26.2 Å². The zero-order chi connectivity index (χ0) is 39.3. The third-order valence-electron chi connectivity index (χ3n) is 9.13. The van der Waals surface area contributed by atoms with Gasteiger partial charge in [-0.05, 0) is 96.3 Å². The third kappa shape index (κ3) is 36.8. The molecule has 8 nitrogen and oxygen atoms in total. The Morgan fingerprint density at radius 3 is 1.28 bits per heavy atom. The Morgan fingerprint density at radius 1 is 0.528 bits per heavy atom. The summed E-state index contributed by atoms with van der Waals surface area (Å²) in [5.41, 5.74) is 0. The van der Waals surface area contributed by atoms with E-state index in [2.05, 4.69) is 62.5 Å². The Balaban J connectivity index is 4.61. The van der Waals surface area contributed by atoms with E-state index in [0.29, 0.717) is 17.1 Å². The Labute approximate surface area is 327 Å². The first-order valence-electron chi connectivity index (χ1n) is 21.1. The third-order valence-corrected chi connectivity index (χ3v) is 10.9. The fraction of sp³-hybridized carbons (Fsp3) is 0.791. The summed E-state index contributed by atoms with van der Waals surface area (Å²) in [5.74, 6) is 0. The number of ether oxygens (including phenoxy) is 1. The van der Waals surface area contributed by atoms with Crippen molar-refractivity contribution in [2.24, 2.45) is 0 Å². The van der Waals surface area contributed by atoms with Gasteiger partial charge in [0.05, 0.1) is 19.1 Å². The number of carbonyl (C=O) groups is 1. The van der Waals surface area contributed by atoms with Crippen molar-refractivity contribution in [2.45, 2.75) is 193 Å². The number of sulfonamides is 1. The second-order valence-corrected chi connectivity index (χ2v) is 18.0. The van der Waals surface area contributed by atoms with Gasteiger partial charge in [0.25, 0.3) is 10.1 Å². The van der Waals surface area contributed by atoms with Crippen LogP contribution in [0, 0.1) is 0 Å². The Hall–Kier alpha value is -1.91. The summed E-state index contributed by atoms with van der Waals surface area (Å²) in [6.45, 7) is 4.06. The van der Waals surface area contributed by atoms with Gasteiger partial charge >= 0.3 is 6.09 Å². The molecule has 1 amide bonds. The summed E-state index contributed by atoms with van der Waals surface area (Å²) in [6.07, 6.45) is 48.1. The van der Waals surface area contributed by atoms with Gasteiger partial charge < -0.3 is 4.74 Å². The molecule has 10 heteroatoms. The van der Waals surface area contributed by atoms with Crippen molar-refractivity contribution in [3.8, 4) is 0 Å². The molecule has 0 fully saturated rings. The first-order chi connectivity index (χ1) is 25.5. The summed E-state index contributed by atoms with van der Waals surface area (Å²) < 4.78 is 58.6. The van der Waals surface area contributed by atoms with Crippen LogP contribution in [0.15, 0.2) is 48.6 Å². The zero-order valence-corrected chi connectivity index (χ0v) is 36.0. The molecule has 0 aliphatic rings. The highest BCUT2D eigenvalue weighted by molar-refractivity contribution is 7.88. The lowest BCUT2D eigenvalue weighted by molar-refractivity contribution is 0.0683.